The minimum absolute atomic E-state index is 0.0534. The van der Waals surface area contributed by atoms with Gasteiger partial charge in [-0.15, -0.1) is 0 Å². The van der Waals surface area contributed by atoms with Crippen LogP contribution in [0.25, 0.3) is 0 Å². The van der Waals surface area contributed by atoms with Crippen LogP contribution >= 0.6 is 0 Å². The highest BCUT2D eigenvalue weighted by molar-refractivity contribution is 5.96. The van der Waals surface area contributed by atoms with Gasteiger partial charge in [-0.2, -0.15) is 0 Å². The van der Waals surface area contributed by atoms with Gasteiger partial charge in [0, 0.05) is 25.2 Å². The normalized spacial score (nSPS) is 14.2. The summed E-state index contributed by atoms with van der Waals surface area (Å²) in [6, 6.07) is 6.05. The number of rotatable bonds is 6. The molecule has 1 aliphatic heterocycles. The molecule has 1 aromatic carbocycles. The number of fused-ring (bicyclic) bond motifs is 1. The first-order chi connectivity index (χ1) is 9.76. The topological polar surface area (TPSA) is 44.4 Å². The van der Waals surface area contributed by atoms with Crippen molar-refractivity contribution in [3.8, 4) is 0 Å². The van der Waals surface area contributed by atoms with E-state index in [0.29, 0.717) is 6.54 Å². The molecular formula is C16H25N3O. The Morgan fingerprint density at radius 2 is 2.15 bits per heavy atom. The lowest BCUT2D eigenvalue weighted by Gasteiger charge is -2.21. The fourth-order valence-electron chi connectivity index (χ4n) is 2.69. The van der Waals surface area contributed by atoms with Gasteiger partial charge in [0.1, 0.15) is 0 Å². The lowest BCUT2D eigenvalue weighted by molar-refractivity contribution is 0.0947. The van der Waals surface area contributed by atoms with Gasteiger partial charge in [-0.1, -0.05) is 26.0 Å². The van der Waals surface area contributed by atoms with E-state index in [1.165, 1.54) is 11.1 Å². The smallest absolute Gasteiger partial charge is 0.251 e. The van der Waals surface area contributed by atoms with E-state index in [0.717, 1.165) is 44.7 Å². The van der Waals surface area contributed by atoms with Crippen LogP contribution in [0.15, 0.2) is 18.2 Å². The molecule has 0 saturated carbocycles. The molecule has 0 atom stereocenters. The molecule has 110 valence electrons. The Morgan fingerprint density at radius 1 is 1.35 bits per heavy atom. The summed E-state index contributed by atoms with van der Waals surface area (Å²) in [4.78, 5) is 14.6. The number of nitrogens with one attached hydrogen (secondary N) is 2. The average molecular weight is 275 g/mol. The van der Waals surface area contributed by atoms with Crippen molar-refractivity contribution < 1.29 is 4.79 Å². The number of carbonyl (C=O) groups excluding carboxylic acids is 1. The van der Waals surface area contributed by atoms with Gasteiger partial charge in [-0.25, -0.2) is 0 Å². The van der Waals surface area contributed by atoms with E-state index in [1.54, 1.807) is 0 Å². The molecular weight excluding hydrogens is 250 g/mol. The summed E-state index contributed by atoms with van der Waals surface area (Å²) in [5, 5.41) is 6.38. The SMILES string of the molecule is CCN(CC)CCNC(=O)c1cccc2c1CNCC2. The maximum absolute atomic E-state index is 12.3. The van der Waals surface area contributed by atoms with Crippen LogP contribution in [0.5, 0.6) is 0 Å². The summed E-state index contributed by atoms with van der Waals surface area (Å²) in [6.45, 7) is 9.75. The Bertz CT molecular complexity index is 455. The zero-order valence-corrected chi connectivity index (χ0v) is 12.5. The summed E-state index contributed by atoms with van der Waals surface area (Å²) in [6.07, 6.45) is 1.01. The summed E-state index contributed by atoms with van der Waals surface area (Å²) in [7, 11) is 0. The van der Waals surface area contributed by atoms with E-state index in [4.69, 9.17) is 0 Å². The van der Waals surface area contributed by atoms with Gasteiger partial charge in [0.15, 0.2) is 0 Å². The number of benzene rings is 1. The minimum atomic E-state index is 0.0534. The molecule has 0 aliphatic carbocycles. The number of likely N-dealkylation sites (N-methyl/N-ethyl adjacent to an activating group) is 1. The third kappa shape index (κ3) is 3.58. The summed E-state index contributed by atoms with van der Waals surface area (Å²) in [5.41, 5.74) is 3.30. The van der Waals surface area contributed by atoms with Gasteiger partial charge >= 0.3 is 0 Å². The molecule has 0 spiro atoms. The lowest BCUT2D eigenvalue weighted by atomic mass is 9.95. The Hall–Kier alpha value is -1.39. The van der Waals surface area contributed by atoms with E-state index in [2.05, 4.69) is 35.4 Å². The molecule has 0 unspecified atom stereocenters. The van der Waals surface area contributed by atoms with Crippen molar-refractivity contribution in [1.82, 2.24) is 15.5 Å². The van der Waals surface area contributed by atoms with Gasteiger partial charge < -0.3 is 15.5 Å². The van der Waals surface area contributed by atoms with Crippen LogP contribution in [0.2, 0.25) is 0 Å². The zero-order valence-electron chi connectivity index (χ0n) is 12.5. The van der Waals surface area contributed by atoms with Crippen LogP contribution in [0.4, 0.5) is 0 Å². The van der Waals surface area contributed by atoms with Crippen molar-refractivity contribution in [2.24, 2.45) is 0 Å². The van der Waals surface area contributed by atoms with E-state index in [-0.39, 0.29) is 5.91 Å². The predicted molar refractivity (Wildman–Crippen MR) is 82.0 cm³/mol. The van der Waals surface area contributed by atoms with Gasteiger partial charge in [-0.3, -0.25) is 4.79 Å². The van der Waals surface area contributed by atoms with Gasteiger partial charge in [0.2, 0.25) is 0 Å². The quantitative estimate of drug-likeness (QED) is 0.825. The number of hydrogen-bond acceptors (Lipinski definition) is 3. The van der Waals surface area contributed by atoms with Crippen molar-refractivity contribution >= 4 is 5.91 Å². The summed E-state index contributed by atoms with van der Waals surface area (Å²) < 4.78 is 0. The van der Waals surface area contributed by atoms with Crippen LogP contribution in [-0.4, -0.2) is 43.5 Å². The largest absolute Gasteiger partial charge is 0.351 e. The highest BCUT2D eigenvalue weighted by Gasteiger charge is 2.16. The molecule has 0 aromatic heterocycles. The first-order valence-electron chi connectivity index (χ1n) is 7.58. The van der Waals surface area contributed by atoms with Crippen LogP contribution in [0.3, 0.4) is 0 Å². The van der Waals surface area contributed by atoms with Crippen LogP contribution < -0.4 is 10.6 Å². The number of hydrogen-bond donors (Lipinski definition) is 2. The standard InChI is InChI=1S/C16H25N3O/c1-3-19(4-2)11-10-18-16(20)14-7-5-6-13-8-9-17-12-15(13)14/h5-7,17H,3-4,8-12H2,1-2H3,(H,18,20). The number of nitrogens with zero attached hydrogens (tertiary/aromatic N) is 1. The molecule has 0 saturated heterocycles. The van der Waals surface area contributed by atoms with Crippen molar-refractivity contribution in [2.45, 2.75) is 26.8 Å². The van der Waals surface area contributed by atoms with Crippen molar-refractivity contribution in [1.29, 1.82) is 0 Å². The highest BCUT2D eigenvalue weighted by Crippen LogP contribution is 2.18. The van der Waals surface area contributed by atoms with Crippen LogP contribution in [0, 0.1) is 0 Å². The van der Waals surface area contributed by atoms with Crippen molar-refractivity contribution in [3.05, 3.63) is 34.9 Å². The van der Waals surface area contributed by atoms with Crippen LogP contribution in [0.1, 0.15) is 35.3 Å². The Kier molecular flexibility index (Phi) is 5.56. The summed E-state index contributed by atoms with van der Waals surface area (Å²) >= 11 is 0. The maximum Gasteiger partial charge on any atom is 0.251 e. The second-order valence-corrected chi connectivity index (χ2v) is 5.15. The fourth-order valence-corrected chi connectivity index (χ4v) is 2.69. The Labute approximate surface area is 121 Å². The maximum atomic E-state index is 12.3. The third-order valence-corrected chi connectivity index (χ3v) is 4.00. The third-order valence-electron chi connectivity index (χ3n) is 4.00. The first kappa shape index (κ1) is 15.0. The second-order valence-electron chi connectivity index (χ2n) is 5.15. The molecule has 1 aliphatic rings. The molecule has 20 heavy (non-hydrogen) atoms. The molecule has 1 heterocycles. The zero-order chi connectivity index (χ0) is 14.4. The van der Waals surface area contributed by atoms with E-state index in [9.17, 15) is 4.79 Å². The predicted octanol–water partition coefficient (Wildman–Crippen LogP) is 1.40. The minimum Gasteiger partial charge on any atom is -0.351 e. The molecule has 2 N–H and O–H groups in total. The van der Waals surface area contributed by atoms with Gasteiger partial charge in [0.25, 0.3) is 5.91 Å². The molecule has 0 radical (unpaired) electrons. The number of carbonyl (C=O) groups is 1. The van der Waals surface area contributed by atoms with E-state index >= 15 is 0 Å². The van der Waals surface area contributed by atoms with E-state index < -0.39 is 0 Å². The average Bonchev–Trinajstić information content (AvgIpc) is 2.51. The van der Waals surface area contributed by atoms with Gasteiger partial charge in [-0.05, 0) is 43.2 Å². The molecule has 0 bridgehead atoms. The van der Waals surface area contributed by atoms with Crippen molar-refractivity contribution in [3.63, 3.8) is 0 Å². The molecule has 1 amide bonds. The fraction of sp³-hybridized carbons (Fsp3) is 0.562. The molecule has 0 fully saturated rings. The van der Waals surface area contributed by atoms with E-state index in [1.807, 2.05) is 12.1 Å². The second kappa shape index (κ2) is 7.41. The molecule has 2 rings (SSSR count). The van der Waals surface area contributed by atoms with Crippen LogP contribution in [-0.2, 0) is 13.0 Å². The molecule has 4 nitrogen and oxygen atoms in total. The molecule has 1 aromatic rings. The van der Waals surface area contributed by atoms with Crippen molar-refractivity contribution in [2.75, 3.05) is 32.7 Å². The first-order valence-corrected chi connectivity index (χ1v) is 7.58. The number of amides is 1. The molecule has 4 heteroatoms. The Morgan fingerprint density at radius 3 is 2.90 bits per heavy atom. The Balaban J connectivity index is 1.96. The highest BCUT2D eigenvalue weighted by atomic mass is 16.1. The lowest BCUT2D eigenvalue weighted by Crippen LogP contribution is -2.36. The summed E-state index contributed by atoms with van der Waals surface area (Å²) in [5.74, 6) is 0.0534. The van der Waals surface area contributed by atoms with Gasteiger partial charge in [0.05, 0.1) is 0 Å². The monoisotopic (exact) mass is 275 g/mol.